The number of anilines is 1. The van der Waals surface area contributed by atoms with Crippen LogP contribution in [0.15, 0.2) is 30.6 Å². The van der Waals surface area contributed by atoms with Gasteiger partial charge in [0.05, 0.1) is 11.9 Å². The maximum atomic E-state index is 8.00. The van der Waals surface area contributed by atoms with Gasteiger partial charge in [0, 0.05) is 30.0 Å². The van der Waals surface area contributed by atoms with Crippen molar-refractivity contribution in [3.05, 3.63) is 36.3 Å². The number of fused-ring (bicyclic) bond motifs is 1. The van der Waals surface area contributed by atoms with E-state index < -0.39 is 0 Å². The summed E-state index contributed by atoms with van der Waals surface area (Å²) in [7, 11) is 2.17. The third kappa shape index (κ3) is 11.3. The first-order valence-corrected chi connectivity index (χ1v) is 13.3. The molecule has 0 spiro atoms. The minimum Gasteiger partial charge on any atom is -0.365 e. The number of aryl methyl sites for hydroxylation is 1. The van der Waals surface area contributed by atoms with Crippen molar-refractivity contribution in [1.29, 1.82) is 0 Å². The molecule has 2 N–H and O–H groups in total. The van der Waals surface area contributed by atoms with Crippen molar-refractivity contribution in [2.75, 3.05) is 25.5 Å². The Labute approximate surface area is 219 Å². The first-order chi connectivity index (χ1) is 17.2. The summed E-state index contributed by atoms with van der Waals surface area (Å²) in [5.41, 5.74) is 5.07. The molecule has 3 aromatic rings. The van der Waals surface area contributed by atoms with Crippen LogP contribution in [0.5, 0.6) is 0 Å². The summed E-state index contributed by atoms with van der Waals surface area (Å²) in [4.78, 5) is 27.4. The molecule has 0 amide bonds. The normalized spacial score (nSPS) is 15.0. The van der Waals surface area contributed by atoms with Crippen LogP contribution in [-0.4, -0.2) is 57.8 Å². The van der Waals surface area contributed by atoms with Crippen molar-refractivity contribution < 1.29 is 4.79 Å². The monoisotopic (exact) mass is 498 g/mol. The number of likely N-dealkylation sites (tertiary alicyclic amines) is 1. The molecule has 0 aliphatic carbocycles. The SMILES string of the molecule is C=O.CC.CC.CCC(C)(C)C.Cc1ccc(-c2cnc3[nH]ccc3n2)c(NC2CCCN(C)C2)n1. The summed E-state index contributed by atoms with van der Waals surface area (Å²) in [6, 6.07) is 6.47. The molecule has 7 nitrogen and oxygen atoms in total. The number of aromatic amines is 1. The predicted octanol–water partition coefficient (Wildman–Crippen LogP) is 7.14. The zero-order valence-corrected chi connectivity index (χ0v) is 24.4. The van der Waals surface area contributed by atoms with Crippen LogP contribution in [-0.2, 0) is 4.79 Å². The first-order valence-electron chi connectivity index (χ1n) is 13.3. The molecule has 1 unspecified atom stereocenters. The molecule has 4 heterocycles. The van der Waals surface area contributed by atoms with Crippen LogP contribution < -0.4 is 5.32 Å². The van der Waals surface area contributed by atoms with E-state index in [1.165, 1.54) is 25.8 Å². The Bertz CT molecular complexity index is 979. The minimum atomic E-state index is 0.417. The van der Waals surface area contributed by atoms with Crippen molar-refractivity contribution in [2.24, 2.45) is 5.41 Å². The lowest BCUT2D eigenvalue weighted by Gasteiger charge is -2.31. The summed E-state index contributed by atoms with van der Waals surface area (Å²) in [6.45, 7) is 23.2. The Morgan fingerprint density at radius 1 is 1.11 bits per heavy atom. The molecular formula is C29H50N6O. The fraction of sp³-hybridized carbons (Fsp3) is 0.586. The minimum absolute atomic E-state index is 0.417. The van der Waals surface area contributed by atoms with Gasteiger partial charge >= 0.3 is 0 Å². The van der Waals surface area contributed by atoms with E-state index in [0.717, 1.165) is 40.5 Å². The number of hydrogen-bond donors (Lipinski definition) is 2. The zero-order valence-electron chi connectivity index (χ0n) is 24.4. The van der Waals surface area contributed by atoms with Gasteiger partial charge in [-0.05, 0) is 57.0 Å². The second-order valence-corrected chi connectivity index (χ2v) is 9.48. The molecule has 7 heteroatoms. The number of H-pyrrole nitrogens is 1. The lowest BCUT2D eigenvalue weighted by molar-refractivity contribution is -0.0980. The molecule has 1 fully saturated rings. The van der Waals surface area contributed by atoms with Gasteiger partial charge in [0.15, 0.2) is 5.65 Å². The van der Waals surface area contributed by atoms with Crippen LogP contribution in [0.1, 0.15) is 80.3 Å². The molecule has 202 valence electrons. The van der Waals surface area contributed by atoms with Crippen molar-refractivity contribution >= 4 is 23.8 Å². The van der Waals surface area contributed by atoms with Crippen molar-refractivity contribution in [2.45, 2.75) is 87.6 Å². The largest absolute Gasteiger partial charge is 0.365 e. The van der Waals surface area contributed by atoms with Gasteiger partial charge in [-0.1, -0.05) is 61.8 Å². The number of pyridine rings is 1. The van der Waals surface area contributed by atoms with Gasteiger partial charge in [0.1, 0.15) is 18.1 Å². The molecule has 3 aromatic heterocycles. The molecule has 1 atom stereocenters. The summed E-state index contributed by atoms with van der Waals surface area (Å²) in [5, 5.41) is 3.63. The van der Waals surface area contributed by atoms with Crippen LogP contribution in [0.4, 0.5) is 5.82 Å². The highest BCUT2D eigenvalue weighted by molar-refractivity contribution is 5.78. The number of hydrogen-bond acceptors (Lipinski definition) is 6. The molecule has 1 saturated heterocycles. The summed E-state index contributed by atoms with van der Waals surface area (Å²) >= 11 is 0. The standard InChI is InChI=1S/C18H22N6.C6H14.2C2H6.CH2O/c1-12-5-6-14(16-10-20-18-15(23-16)7-8-19-18)17(21-12)22-13-4-3-9-24(2)11-13;1-5-6(2,3)4;3*1-2/h5-8,10,13H,3-4,9,11H2,1-2H3,(H,19,20)(H,21,22);5H2,1-4H3;2*1-2H3;1H2. The summed E-state index contributed by atoms with van der Waals surface area (Å²) < 4.78 is 0. The molecule has 36 heavy (non-hydrogen) atoms. The summed E-state index contributed by atoms with van der Waals surface area (Å²) in [6.07, 6.45) is 7.32. The zero-order chi connectivity index (χ0) is 27.7. The van der Waals surface area contributed by atoms with Gasteiger partial charge in [-0.15, -0.1) is 0 Å². The quantitative estimate of drug-likeness (QED) is 0.399. The summed E-state index contributed by atoms with van der Waals surface area (Å²) in [5.74, 6) is 0.902. The van der Waals surface area contributed by atoms with Crippen LogP contribution in [0.2, 0.25) is 0 Å². The average molecular weight is 499 g/mol. The van der Waals surface area contributed by atoms with E-state index in [4.69, 9.17) is 14.8 Å². The van der Waals surface area contributed by atoms with Gasteiger partial charge in [-0.2, -0.15) is 0 Å². The highest BCUT2D eigenvalue weighted by atomic mass is 16.1. The molecule has 1 aliphatic heterocycles. The maximum Gasteiger partial charge on any atom is 0.156 e. The van der Waals surface area contributed by atoms with Gasteiger partial charge in [0.25, 0.3) is 0 Å². The second-order valence-electron chi connectivity index (χ2n) is 9.48. The maximum absolute atomic E-state index is 8.00. The highest BCUT2D eigenvalue weighted by Gasteiger charge is 2.19. The molecular weight excluding hydrogens is 448 g/mol. The number of aromatic nitrogens is 4. The number of carbonyl (C=O) groups is 1. The Hall–Kier alpha value is -2.80. The highest BCUT2D eigenvalue weighted by Crippen LogP contribution is 2.27. The lowest BCUT2D eigenvalue weighted by Crippen LogP contribution is -2.40. The van der Waals surface area contributed by atoms with E-state index >= 15 is 0 Å². The van der Waals surface area contributed by atoms with E-state index in [2.05, 4.69) is 61.0 Å². The van der Waals surface area contributed by atoms with E-state index in [9.17, 15) is 0 Å². The number of nitrogens with zero attached hydrogens (tertiary/aromatic N) is 4. The van der Waals surface area contributed by atoms with E-state index in [-0.39, 0.29) is 0 Å². The second kappa shape index (κ2) is 17.6. The number of carbonyl (C=O) groups excluding carboxylic acids is 1. The van der Waals surface area contributed by atoms with Crippen molar-refractivity contribution in [1.82, 2.24) is 24.8 Å². The third-order valence-corrected chi connectivity index (χ3v) is 5.60. The van der Waals surface area contributed by atoms with Crippen LogP contribution >= 0.6 is 0 Å². The molecule has 0 radical (unpaired) electrons. The fourth-order valence-electron chi connectivity index (χ4n) is 3.31. The Morgan fingerprint density at radius 3 is 2.33 bits per heavy atom. The average Bonchev–Trinajstić information content (AvgIpc) is 3.36. The number of likely N-dealkylation sites (N-methyl/N-ethyl adjacent to an activating group) is 1. The smallest absolute Gasteiger partial charge is 0.156 e. The number of rotatable bonds is 3. The Kier molecular flexibility index (Phi) is 16.2. The molecule has 0 saturated carbocycles. The van der Waals surface area contributed by atoms with Gasteiger partial charge in [0.2, 0.25) is 0 Å². The fourth-order valence-corrected chi connectivity index (χ4v) is 3.31. The Morgan fingerprint density at radius 2 is 1.75 bits per heavy atom. The van der Waals surface area contributed by atoms with Crippen LogP contribution in [0.3, 0.4) is 0 Å². The number of piperidine rings is 1. The predicted molar refractivity (Wildman–Crippen MR) is 156 cm³/mol. The third-order valence-electron chi connectivity index (χ3n) is 5.60. The molecule has 0 aromatic carbocycles. The van der Waals surface area contributed by atoms with Crippen molar-refractivity contribution in [3.63, 3.8) is 0 Å². The van der Waals surface area contributed by atoms with E-state index in [1.54, 1.807) is 0 Å². The van der Waals surface area contributed by atoms with Gasteiger partial charge < -0.3 is 20.0 Å². The van der Waals surface area contributed by atoms with Gasteiger partial charge in [-0.25, -0.2) is 15.0 Å². The van der Waals surface area contributed by atoms with E-state index in [0.29, 0.717) is 11.5 Å². The number of nitrogens with one attached hydrogen (secondary N) is 2. The topological polar surface area (TPSA) is 86.8 Å². The lowest BCUT2D eigenvalue weighted by atomic mass is 9.94. The molecule has 0 bridgehead atoms. The molecule has 4 rings (SSSR count). The van der Waals surface area contributed by atoms with Crippen LogP contribution in [0.25, 0.3) is 22.4 Å². The van der Waals surface area contributed by atoms with Gasteiger partial charge in [-0.3, -0.25) is 0 Å². The molecule has 1 aliphatic rings. The Balaban J connectivity index is 0.000000877. The van der Waals surface area contributed by atoms with Crippen LogP contribution in [0, 0.1) is 12.3 Å². The first kappa shape index (κ1) is 33.2. The van der Waals surface area contributed by atoms with Crippen molar-refractivity contribution in [3.8, 4) is 11.3 Å². The van der Waals surface area contributed by atoms with E-state index in [1.807, 2.05) is 65.9 Å².